The number of fused-ring (bicyclic) bond motifs is 1. The van der Waals surface area contributed by atoms with Crippen LogP contribution in [0.3, 0.4) is 0 Å². The molecule has 0 radical (unpaired) electrons. The van der Waals surface area contributed by atoms with Crippen molar-refractivity contribution in [3.05, 3.63) is 12.7 Å². The van der Waals surface area contributed by atoms with Crippen LogP contribution in [0, 0.1) is 0 Å². The Kier molecular flexibility index (Phi) is 9.82. The van der Waals surface area contributed by atoms with Crippen molar-refractivity contribution in [3.63, 3.8) is 0 Å². The lowest BCUT2D eigenvalue weighted by molar-refractivity contribution is -0.00820. The Morgan fingerprint density at radius 1 is 1.09 bits per heavy atom. The first-order chi connectivity index (χ1) is 15.2. The van der Waals surface area contributed by atoms with Gasteiger partial charge in [0.05, 0.1) is 31.2 Å². The molecule has 0 aromatic carbocycles. The molecule has 0 bridgehead atoms. The number of anilines is 1. The summed E-state index contributed by atoms with van der Waals surface area (Å²) >= 11 is 0. The van der Waals surface area contributed by atoms with Gasteiger partial charge in [-0.25, -0.2) is 24.5 Å². The van der Waals surface area contributed by atoms with Gasteiger partial charge in [0, 0.05) is 0 Å². The van der Waals surface area contributed by atoms with Crippen LogP contribution < -0.4 is 5.32 Å². The van der Waals surface area contributed by atoms with Gasteiger partial charge in [-0.15, -0.1) is 0 Å². The van der Waals surface area contributed by atoms with Crippen LogP contribution in [0.15, 0.2) is 12.7 Å². The first-order valence-corrected chi connectivity index (χ1v) is 11.4. The molecule has 0 aliphatic carbocycles. The Morgan fingerprint density at radius 2 is 1.81 bits per heavy atom. The van der Waals surface area contributed by atoms with Crippen molar-refractivity contribution in [2.75, 3.05) is 18.5 Å². The van der Waals surface area contributed by atoms with Crippen molar-refractivity contribution >= 4 is 37.3 Å². The quantitative estimate of drug-likeness (QED) is 0.291. The zero-order valence-corrected chi connectivity index (χ0v) is 19.6. The Balaban J connectivity index is 1.84. The van der Waals surface area contributed by atoms with Crippen LogP contribution in [0.2, 0.25) is 0 Å². The van der Waals surface area contributed by atoms with E-state index in [4.69, 9.17) is 18.7 Å². The van der Waals surface area contributed by atoms with E-state index in [0.29, 0.717) is 17.7 Å². The molecule has 0 aliphatic heterocycles. The van der Waals surface area contributed by atoms with Gasteiger partial charge in [-0.2, -0.15) is 0 Å². The molecule has 32 heavy (non-hydrogen) atoms. The second-order valence-electron chi connectivity index (χ2n) is 7.19. The largest absolute Gasteiger partial charge is 0.510 e. The lowest BCUT2D eigenvalue weighted by Crippen LogP contribution is -2.19. The van der Waals surface area contributed by atoms with Gasteiger partial charge in [0.1, 0.15) is 12.7 Å². The SMILES string of the molecule is CC(C)OC(=O)Nc1ncnc2c1ncn2CC(C)OC[PH](=O)OCOC(=O)OC(C)C. The topological polar surface area (TPSA) is 153 Å². The number of amides is 1. The monoisotopic (exact) mass is 473 g/mol. The van der Waals surface area contributed by atoms with E-state index >= 15 is 0 Å². The summed E-state index contributed by atoms with van der Waals surface area (Å²) in [5.41, 5.74) is 0.874. The number of ether oxygens (including phenoxy) is 4. The zero-order valence-electron chi connectivity index (χ0n) is 18.6. The Hall–Kier alpha value is -2.76. The highest BCUT2D eigenvalue weighted by Crippen LogP contribution is 2.23. The molecule has 2 aromatic rings. The fourth-order valence-electron chi connectivity index (χ4n) is 2.40. The second kappa shape index (κ2) is 12.3. The highest BCUT2D eigenvalue weighted by atomic mass is 31.1. The molecular weight excluding hydrogens is 445 g/mol. The van der Waals surface area contributed by atoms with Gasteiger partial charge in [0.2, 0.25) is 14.8 Å². The van der Waals surface area contributed by atoms with Gasteiger partial charge >= 0.3 is 12.2 Å². The highest BCUT2D eigenvalue weighted by molar-refractivity contribution is 7.38. The molecule has 1 amide bonds. The minimum Gasteiger partial charge on any atom is -0.447 e. The van der Waals surface area contributed by atoms with Gasteiger partial charge in [-0.3, -0.25) is 14.4 Å². The van der Waals surface area contributed by atoms with E-state index in [1.165, 1.54) is 12.7 Å². The minimum atomic E-state index is -2.58. The van der Waals surface area contributed by atoms with Crippen LogP contribution in [0.4, 0.5) is 15.4 Å². The summed E-state index contributed by atoms with van der Waals surface area (Å²) in [5.74, 6) is 0.224. The normalized spacial score (nSPS) is 13.2. The molecule has 1 N–H and O–H groups in total. The second-order valence-corrected chi connectivity index (χ2v) is 8.51. The fourth-order valence-corrected chi connectivity index (χ4v) is 3.09. The molecule has 13 nitrogen and oxygen atoms in total. The van der Waals surface area contributed by atoms with Gasteiger partial charge in [-0.1, -0.05) is 0 Å². The van der Waals surface area contributed by atoms with Crippen LogP contribution in [-0.2, 0) is 34.6 Å². The first-order valence-electron chi connectivity index (χ1n) is 9.89. The Labute approximate surface area is 185 Å². The molecule has 0 saturated carbocycles. The molecule has 0 spiro atoms. The molecule has 0 saturated heterocycles. The van der Waals surface area contributed by atoms with Crippen LogP contribution >= 0.6 is 8.03 Å². The van der Waals surface area contributed by atoms with Gasteiger partial charge in [0.25, 0.3) is 0 Å². The smallest absolute Gasteiger partial charge is 0.447 e. The fraction of sp³-hybridized carbons (Fsp3) is 0.611. The van der Waals surface area contributed by atoms with E-state index in [1.54, 1.807) is 39.2 Å². The van der Waals surface area contributed by atoms with E-state index in [0.717, 1.165) is 0 Å². The van der Waals surface area contributed by atoms with E-state index in [1.807, 2.05) is 0 Å². The van der Waals surface area contributed by atoms with Crippen LogP contribution in [-0.4, -0.2) is 63.2 Å². The molecular formula is C18H28N5O8P. The van der Waals surface area contributed by atoms with Crippen molar-refractivity contribution < 1.29 is 37.6 Å². The third kappa shape index (κ3) is 8.40. The summed E-state index contributed by atoms with van der Waals surface area (Å²) in [7, 11) is -2.58. The predicted molar refractivity (Wildman–Crippen MR) is 114 cm³/mol. The number of carbonyl (C=O) groups excluding carboxylic acids is 2. The number of rotatable bonds is 11. The van der Waals surface area contributed by atoms with Crippen molar-refractivity contribution in [1.82, 2.24) is 19.5 Å². The third-order valence-corrected chi connectivity index (χ3v) is 4.47. The van der Waals surface area contributed by atoms with Gasteiger partial charge < -0.3 is 23.5 Å². The summed E-state index contributed by atoms with van der Waals surface area (Å²) in [6, 6.07) is 0. The lowest BCUT2D eigenvalue weighted by Gasteiger charge is -2.14. The van der Waals surface area contributed by atoms with Crippen molar-refractivity contribution in [3.8, 4) is 0 Å². The standard InChI is InChI=1S/C18H28N5O8P/c1-11(2)30-17(24)22-15-14-16(20-7-19-15)23(8-21-14)6-13(5)28-10-32(26)29-9-27-18(25)31-12(3)4/h7-8,11-13,32H,6,9-10H2,1-5H3,(H,19,20,22,24). The number of nitrogens with one attached hydrogen (secondary N) is 1. The molecule has 0 aliphatic rings. The van der Waals surface area contributed by atoms with Crippen LogP contribution in [0.1, 0.15) is 34.6 Å². The van der Waals surface area contributed by atoms with Crippen LogP contribution in [0.5, 0.6) is 0 Å². The summed E-state index contributed by atoms with van der Waals surface area (Å²) in [6.07, 6.45) is 0.161. The highest BCUT2D eigenvalue weighted by Gasteiger charge is 2.16. The predicted octanol–water partition coefficient (Wildman–Crippen LogP) is 3.16. The van der Waals surface area contributed by atoms with Gasteiger partial charge in [-0.05, 0) is 34.6 Å². The Morgan fingerprint density at radius 3 is 2.50 bits per heavy atom. The number of aromatic nitrogens is 4. The van der Waals surface area contributed by atoms with Crippen molar-refractivity contribution in [2.45, 2.75) is 59.5 Å². The van der Waals surface area contributed by atoms with E-state index < -0.39 is 27.1 Å². The minimum absolute atomic E-state index is 0.163. The molecule has 2 aromatic heterocycles. The number of hydrogen-bond donors (Lipinski definition) is 1. The maximum absolute atomic E-state index is 11.9. The maximum Gasteiger partial charge on any atom is 0.510 e. The summed E-state index contributed by atoms with van der Waals surface area (Å²) in [5, 5.41) is 2.54. The third-order valence-electron chi connectivity index (χ3n) is 3.63. The van der Waals surface area contributed by atoms with E-state index in [2.05, 4.69) is 25.0 Å². The van der Waals surface area contributed by atoms with Crippen LogP contribution in [0.25, 0.3) is 11.2 Å². The number of nitrogens with zero attached hydrogens (tertiary/aromatic N) is 4. The molecule has 14 heteroatoms. The Bertz CT molecular complexity index is 935. The molecule has 2 rings (SSSR count). The average molecular weight is 473 g/mol. The van der Waals surface area contributed by atoms with E-state index in [9.17, 15) is 14.2 Å². The number of imidazole rings is 1. The molecule has 178 valence electrons. The average Bonchev–Trinajstić information content (AvgIpc) is 3.09. The molecule has 0 fully saturated rings. The first kappa shape index (κ1) is 25.5. The molecule has 2 unspecified atom stereocenters. The summed E-state index contributed by atoms with van der Waals surface area (Å²) < 4.78 is 38.5. The zero-order chi connectivity index (χ0) is 23.7. The molecule has 2 atom stereocenters. The maximum atomic E-state index is 11.9. The number of carbonyl (C=O) groups is 2. The summed E-state index contributed by atoms with van der Waals surface area (Å²) in [4.78, 5) is 35.5. The summed E-state index contributed by atoms with van der Waals surface area (Å²) in [6.45, 7) is 8.45. The van der Waals surface area contributed by atoms with E-state index in [-0.39, 0.29) is 30.5 Å². The number of hydrogen-bond acceptors (Lipinski definition) is 11. The van der Waals surface area contributed by atoms with Crippen molar-refractivity contribution in [1.29, 1.82) is 0 Å². The van der Waals surface area contributed by atoms with Gasteiger partial charge in [0.15, 0.2) is 17.0 Å². The van der Waals surface area contributed by atoms with Crippen molar-refractivity contribution in [2.24, 2.45) is 0 Å². The lowest BCUT2D eigenvalue weighted by atomic mass is 10.4. The molecule has 2 heterocycles.